The Balaban J connectivity index is 2.58. The van der Waals surface area contributed by atoms with Gasteiger partial charge < -0.3 is 9.47 Å². The molecule has 0 saturated carbocycles. The maximum Gasteiger partial charge on any atom is 0.189 e. The minimum absolute atomic E-state index is 0.00412. The van der Waals surface area contributed by atoms with E-state index >= 15 is 0 Å². The van der Waals surface area contributed by atoms with Crippen LogP contribution in [0.4, 0.5) is 0 Å². The van der Waals surface area contributed by atoms with Crippen LogP contribution in [0.15, 0.2) is 16.6 Å². The first-order valence-corrected chi connectivity index (χ1v) is 5.01. The summed E-state index contributed by atoms with van der Waals surface area (Å²) in [5.41, 5.74) is 1.52. The van der Waals surface area contributed by atoms with Gasteiger partial charge >= 0.3 is 0 Å². The summed E-state index contributed by atoms with van der Waals surface area (Å²) in [5, 5.41) is 0. The van der Waals surface area contributed by atoms with Crippen molar-refractivity contribution in [2.45, 2.75) is 13.5 Å². The number of rotatable bonds is 1. The van der Waals surface area contributed by atoms with E-state index in [1.807, 2.05) is 6.07 Å². The van der Waals surface area contributed by atoms with Gasteiger partial charge in [0.15, 0.2) is 12.6 Å². The summed E-state index contributed by atoms with van der Waals surface area (Å²) in [4.78, 5) is 11.3. The van der Waals surface area contributed by atoms with Gasteiger partial charge in [-0.15, -0.1) is 0 Å². The summed E-state index contributed by atoms with van der Waals surface area (Å²) < 4.78 is 11.3. The van der Waals surface area contributed by atoms with Crippen LogP contribution < -0.4 is 4.74 Å². The number of carbonyl (C=O) groups is 1. The topological polar surface area (TPSA) is 35.5 Å². The van der Waals surface area contributed by atoms with Crippen LogP contribution in [0.1, 0.15) is 22.8 Å². The standard InChI is InChI=1S/C10H9BrO3/c1-6(12)9-3-8(11)2-7-4-13-5-14-10(7)9/h2-3H,4-5H2,1H3. The molecule has 0 aliphatic carbocycles. The third-order valence-electron chi connectivity index (χ3n) is 2.05. The van der Waals surface area contributed by atoms with E-state index in [0.29, 0.717) is 17.9 Å². The highest BCUT2D eigenvalue weighted by atomic mass is 79.9. The molecular weight excluding hydrogens is 248 g/mol. The Kier molecular flexibility index (Phi) is 2.56. The molecule has 2 rings (SSSR count). The fourth-order valence-corrected chi connectivity index (χ4v) is 1.95. The first kappa shape index (κ1) is 9.68. The van der Waals surface area contributed by atoms with Gasteiger partial charge in [0, 0.05) is 10.0 Å². The van der Waals surface area contributed by atoms with Crippen molar-refractivity contribution in [3.63, 3.8) is 0 Å². The maximum absolute atomic E-state index is 11.3. The molecule has 0 radical (unpaired) electrons. The Morgan fingerprint density at radius 1 is 1.50 bits per heavy atom. The molecule has 0 fully saturated rings. The van der Waals surface area contributed by atoms with Crippen molar-refractivity contribution in [2.24, 2.45) is 0 Å². The molecule has 1 aromatic carbocycles. The van der Waals surface area contributed by atoms with Gasteiger partial charge in [-0.2, -0.15) is 0 Å². The van der Waals surface area contributed by atoms with Gasteiger partial charge in [0.2, 0.25) is 0 Å². The van der Waals surface area contributed by atoms with Crippen LogP contribution in [0, 0.1) is 0 Å². The predicted molar refractivity (Wildman–Crippen MR) is 54.4 cm³/mol. The molecule has 0 bridgehead atoms. The number of hydrogen-bond donors (Lipinski definition) is 0. The van der Waals surface area contributed by atoms with E-state index in [-0.39, 0.29) is 12.6 Å². The van der Waals surface area contributed by atoms with Crippen molar-refractivity contribution >= 4 is 21.7 Å². The molecule has 14 heavy (non-hydrogen) atoms. The predicted octanol–water partition coefficient (Wildman–Crippen LogP) is 2.52. The fraction of sp³-hybridized carbons (Fsp3) is 0.300. The van der Waals surface area contributed by atoms with E-state index in [2.05, 4.69) is 15.9 Å². The molecule has 4 heteroatoms. The number of benzene rings is 1. The minimum atomic E-state index is 0.00412. The van der Waals surface area contributed by atoms with Gasteiger partial charge in [0.05, 0.1) is 12.2 Å². The highest BCUT2D eigenvalue weighted by Gasteiger charge is 2.18. The fourth-order valence-electron chi connectivity index (χ4n) is 1.44. The average Bonchev–Trinajstić information content (AvgIpc) is 2.16. The van der Waals surface area contributed by atoms with Crippen LogP contribution in [0.3, 0.4) is 0 Å². The Morgan fingerprint density at radius 3 is 3.00 bits per heavy atom. The zero-order valence-corrected chi connectivity index (χ0v) is 9.26. The third kappa shape index (κ3) is 1.67. The quantitative estimate of drug-likeness (QED) is 0.725. The second-order valence-corrected chi connectivity index (χ2v) is 4.02. The molecule has 0 spiro atoms. The zero-order chi connectivity index (χ0) is 10.1. The van der Waals surface area contributed by atoms with Crippen molar-refractivity contribution in [1.82, 2.24) is 0 Å². The van der Waals surface area contributed by atoms with Crippen molar-refractivity contribution < 1.29 is 14.3 Å². The first-order valence-electron chi connectivity index (χ1n) is 4.22. The smallest absolute Gasteiger partial charge is 0.189 e. The number of Topliss-reactive ketones (excluding diaryl/α,β-unsaturated/α-hetero) is 1. The normalized spacial score (nSPS) is 14.4. The lowest BCUT2D eigenvalue weighted by Gasteiger charge is -2.20. The SMILES string of the molecule is CC(=O)c1cc(Br)cc2c1OCOC2. The molecule has 0 unspecified atom stereocenters. The molecule has 3 nitrogen and oxygen atoms in total. The van der Waals surface area contributed by atoms with Crippen molar-refractivity contribution in [3.05, 3.63) is 27.7 Å². The van der Waals surface area contributed by atoms with E-state index in [9.17, 15) is 4.79 Å². The first-order chi connectivity index (χ1) is 6.68. The molecule has 1 aliphatic rings. The highest BCUT2D eigenvalue weighted by molar-refractivity contribution is 9.10. The lowest BCUT2D eigenvalue weighted by Crippen LogP contribution is -2.14. The molecular formula is C10H9BrO3. The molecule has 0 amide bonds. The summed E-state index contributed by atoms with van der Waals surface area (Å²) >= 11 is 3.35. The van der Waals surface area contributed by atoms with E-state index in [0.717, 1.165) is 10.0 Å². The van der Waals surface area contributed by atoms with Crippen LogP contribution >= 0.6 is 15.9 Å². The molecule has 0 saturated heterocycles. The largest absolute Gasteiger partial charge is 0.466 e. The zero-order valence-electron chi connectivity index (χ0n) is 7.67. The van der Waals surface area contributed by atoms with Crippen LogP contribution in [0.25, 0.3) is 0 Å². The number of ketones is 1. The highest BCUT2D eigenvalue weighted by Crippen LogP contribution is 2.31. The summed E-state index contributed by atoms with van der Waals surface area (Å²) in [6.07, 6.45) is 0. The van der Waals surface area contributed by atoms with Crippen molar-refractivity contribution in [3.8, 4) is 5.75 Å². The molecule has 1 aliphatic heterocycles. The number of ether oxygens (including phenoxy) is 2. The van der Waals surface area contributed by atoms with E-state index in [1.165, 1.54) is 6.92 Å². The van der Waals surface area contributed by atoms with Gasteiger partial charge in [-0.1, -0.05) is 15.9 Å². The van der Waals surface area contributed by atoms with Crippen LogP contribution in [0.5, 0.6) is 5.75 Å². The second-order valence-electron chi connectivity index (χ2n) is 3.11. The number of hydrogen-bond acceptors (Lipinski definition) is 3. The Hall–Kier alpha value is -0.870. The molecule has 74 valence electrons. The number of carbonyl (C=O) groups excluding carboxylic acids is 1. The minimum Gasteiger partial charge on any atom is -0.466 e. The summed E-state index contributed by atoms with van der Waals surface area (Å²) in [7, 11) is 0. The summed E-state index contributed by atoms with van der Waals surface area (Å²) in [6, 6.07) is 3.67. The van der Waals surface area contributed by atoms with Gasteiger partial charge in [0.25, 0.3) is 0 Å². The summed E-state index contributed by atoms with van der Waals surface area (Å²) in [6.45, 7) is 2.24. The van der Waals surface area contributed by atoms with E-state index in [4.69, 9.17) is 9.47 Å². The van der Waals surface area contributed by atoms with Crippen LogP contribution in [-0.4, -0.2) is 12.6 Å². The van der Waals surface area contributed by atoms with Gasteiger partial charge in [-0.25, -0.2) is 0 Å². The number of halogens is 1. The Morgan fingerprint density at radius 2 is 2.29 bits per heavy atom. The molecule has 0 atom stereocenters. The van der Waals surface area contributed by atoms with E-state index < -0.39 is 0 Å². The Bertz CT molecular complexity index is 387. The van der Waals surface area contributed by atoms with Gasteiger partial charge in [0.1, 0.15) is 5.75 Å². The lowest BCUT2D eigenvalue weighted by molar-refractivity contribution is -0.0168. The Labute approximate surface area is 90.1 Å². The van der Waals surface area contributed by atoms with Gasteiger partial charge in [-0.05, 0) is 19.1 Å². The number of fused-ring (bicyclic) bond motifs is 1. The molecule has 1 aromatic rings. The van der Waals surface area contributed by atoms with E-state index in [1.54, 1.807) is 6.07 Å². The van der Waals surface area contributed by atoms with Crippen molar-refractivity contribution in [2.75, 3.05) is 6.79 Å². The van der Waals surface area contributed by atoms with Gasteiger partial charge in [-0.3, -0.25) is 4.79 Å². The molecule has 1 heterocycles. The lowest BCUT2D eigenvalue weighted by atomic mass is 10.1. The maximum atomic E-state index is 11.3. The van der Waals surface area contributed by atoms with Crippen LogP contribution in [0.2, 0.25) is 0 Å². The average molecular weight is 257 g/mol. The third-order valence-corrected chi connectivity index (χ3v) is 2.51. The second kappa shape index (κ2) is 3.71. The monoisotopic (exact) mass is 256 g/mol. The summed E-state index contributed by atoms with van der Waals surface area (Å²) in [5.74, 6) is 0.663. The molecule has 0 N–H and O–H groups in total. The van der Waals surface area contributed by atoms with Crippen LogP contribution in [-0.2, 0) is 11.3 Å². The van der Waals surface area contributed by atoms with Crippen molar-refractivity contribution in [1.29, 1.82) is 0 Å². The molecule has 0 aromatic heterocycles.